The Morgan fingerprint density at radius 3 is 2.33 bits per heavy atom. The van der Waals surface area contributed by atoms with E-state index in [-0.39, 0.29) is 11.7 Å². The maximum atomic E-state index is 13.6. The zero-order chi connectivity index (χ0) is 25.7. The number of aromatic nitrogens is 4. The third kappa shape index (κ3) is 5.52. The molecule has 0 N–H and O–H groups in total. The van der Waals surface area contributed by atoms with Gasteiger partial charge in [0.25, 0.3) is 0 Å². The number of amides is 1. The molecule has 1 aromatic carbocycles. The van der Waals surface area contributed by atoms with Gasteiger partial charge in [0.2, 0.25) is 5.91 Å². The van der Waals surface area contributed by atoms with E-state index in [0.717, 1.165) is 92.1 Å². The smallest absolute Gasteiger partial charge is 0.225 e. The van der Waals surface area contributed by atoms with Crippen LogP contribution in [-0.4, -0.2) is 56.7 Å². The Morgan fingerprint density at radius 1 is 1.00 bits per heavy atom. The van der Waals surface area contributed by atoms with Crippen LogP contribution < -0.4 is 4.90 Å². The third-order valence-electron chi connectivity index (χ3n) is 7.19. The molecule has 2 aromatic heterocycles. The zero-order valence-electron chi connectivity index (χ0n) is 22.1. The number of piperazine rings is 1. The molecule has 0 bridgehead atoms. The normalized spacial score (nSPS) is 15.0. The molecule has 3 heterocycles. The molecule has 1 atom stereocenters. The first-order chi connectivity index (χ1) is 17.5. The molecule has 1 amide bonds. The van der Waals surface area contributed by atoms with Gasteiger partial charge >= 0.3 is 0 Å². The molecular weight excluding hydrogens is 455 g/mol. The van der Waals surface area contributed by atoms with Crippen molar-refractivity contribution in [1.82, 2.24) is 24.6 Å². The van der Waals surface area contributed by atoms with Crippen LogP contribution in [0.2, 0.25) is 0 Å². The summed E-state index contributed by atoms with van der Waals surface area (Å²) in [7, 11) is 0. The Labute approximate surface area is 213 Å². The highest BCUT2D eigenvalue weighted by molar-refractivity contribution is 5.91. The van der Waals surface area contributed by atoms with Gasteiger partial charge in [-0.2, -0.15) is 5.10 Å². The number of carbonyl (C=O) groups excluding carboxylic acids is 1. The van der Waals surface area contributed by atoms with E-state index in [1.54, 1.807) is 16.8 Å². The third-order valence-corrected chi connectivity index (χ3v) is 7.19. The Balaban J connectivity index is 1.64. The molecule has 3 aromatic rings. The SMILES string of the molecule is CCCCc1nc(N2CCN(C(=O)[C@@H](CC)CCCC)CC2)c2c(C)nn(-c3ccc(F)cc3)c2n1. The van der Waals surface area contributed by atoms with Crippen molar-refractivity contribution in [2.75, 3.05) is 31.1 Å². The van der Waals surface area contributed by atoms with Crippen molar-refractivity contribution in [2.45, 2.75) is 72.6 Å². The average molecular weight is 495 g/mol. The average Bonchev–Trinajstić information content (AvgIpc) is 3.24. The van der Waals surface area contributed by atoms with Crippen LogP contribution in [0.3, 0.4) is 0 Å². The van der Waals surface area contributed by atoms with Gasteiger partial charge in [0, 0.05) is 38.5 Å². The Hall–Kier alpha value is -3.03. The van der Waals surface area contributed by atoms with Gasteiger partial charge < -0.3 is 9.80 Å². The summed E-state index contributed by atoms with van der Waals surface area (Å²) >= 11 is 0. The maximum Gasteiger partial charge on any atom is 0.225 e. The first kappa shape index (κ1) is 26.0. The number of unbranched alkanes of at least 4 members (excludes halogenated alkanes) is 2. The van der Waals surface area contributed by atoms with Gasteiger partial charge in [-0.15, -0.1) is 0 Å². The summed E-state index contributed by atoms with van der Waals surface area (Å²) < 4.78 is 15.4. The lowest BCUT2D eigenvalue weighted by molar-refractivity contribution is -0.136. The summed E-state index contributed by atoms with van der Waals surface area (Å²) in [6, 6.07) is 6.33. The molecule has 1 saturated heterocycles. The van der Waals surface area contributed by atoms with Crippen LogP contribution in [0.4, 0.5) is 10.2 Å². The quantitative estimate of drug-likeness (QED) is 0.374. The fourth-order valence-electron chi connectivity index (χ4n) is 4.99. The second-order valence-corrected chi connectivity index (χ2v) is 9.80. The molecule has 1 aliphatic heterocycles. The summed E-state index contributed by atoms with van der Waals surface area (Å²) in [5, 5.41) is 5.70. The summed E-state index contributed by atoms with van der Waals surface area (Å²) in [5.74, 6) is 1.83. The van der Waals surface area contributed by atoms with Gasteiger partial charge in [0.15, 0.2) is 5.65 Å². The molecule has 0 aliphatic carbocycles. The molecule has 8 heteroatoms. The number of carbonyl (C=O) groups is 1. The van der Waals surface area contributed by atoms with Crippen molar-refractivity contribution in [2.24, 2.45) is 5.92 Å². The molecule has 194 valence electrons. The fraction of sp³-hybridized carbons (Fsp3) is 0.571. The number of hydrogen-bond donors (Lipinski definition) is 0. The lowest BCUT2D eigenvalue weighted by Crippen LogP contribution is -2.50. The van der Waals surface area contributed by atoms with Gasteiger partial charge in [-0.25, -0.2) is 19.0 Å². The van der Waals surface area contributed by atoms with E-state index in [9.17, 15) is 9.18 Å². The molecular formula is C28H39FN6O. The van der Waals surface area contributed by atoms with E-state index < -0.39 is 0 Å². The summed E-state index contributed by atoms with van der Waals surface area (Å²) in [6.07, 6.45) is 6.95. The Bertz CT molecular complexity index is 1170. The molecule has 1 fully saturated rings. The monoisotopic (exact) mass is 494 g/mol. The predicted molar refractivity (Wildman–Crippen MR) is 142 cm³/mol. The number of nitrogens with zero attached hydrogens (tertiary/aromatic N) is 6. The summed E-state index contributed by atoms with van der Waals surface area (Å²) in [6.45, 7) is 11.3. The van der Waals surface area contributed by atoms with Crippen molar-refractivity contribution in [3.8, 4) is 5.69 Å². The molecule has 7 nitrogen and oxygen atoms in total. The molecule has 0 unspecified atom stereocenters. The number of benzene rings is 1. The zero-order valence-corrected chi connectivity index (χ0v) is 22.1. The Kier molecular flexibility index (Phi) is 8.54. The van der Waals surface area contributed by atoms with Gasteiger partial charge in [0.1, 0.15) is 17.5 Å². The van der Waals surface area contributed by atoms with Crippen LogP contribution in [-0.2, 0) is 11.2 Å². The fourth-order valence-corrected chi connectivity index (χ4v) is 4.99. The van der Waals surface area contributed by atoms with Crippen molar-refractivity contribution in [1.29, 1.82) is 0 Å². The number of fused-ring (bicyclic) bond motifs is 1. The largest absolute Gasteiger partial charge is 0.352 e. The van der Waals surface area contributed by atoms with Crippen LogP contribution in [0.1, 0.15) is 70.8 Å². The standard InChI is InChI=1S/C28H39FN6O/c1-5-8-10-21(7-3)28(36)34-18-16-33(17-19-34)26-25-20(4)32-35(23-14-12-22(29)13-15-23)27(25)31-24(30-26)11-9-6-2/h12-15,21H,5-11,16-19H2,1-4H3/t21-/m0/s1. The van der Waals surface area contributed by atoms with Crippen LogP contribution in [0.25, 0.3) is 16.7 Å². The minimum absolute atomic E-state index is 0.124. The van der Waals surface area contributed by atoms with E-state index in [1.807, 2.05) is 11.8 Å². The number of aryl methyl sites for hydroxylation is 2. The van der Waals surface area contributed by atoms with Crippen molar-refractivity contribution < 1.29 is 9.18 Å². The van der Waals surface area contributed by atoms with Crippen LogP contribution >= 0.6 is 0 Å². The van der Waals surface area contributed by atoms with E-state index in [0.29, 0.717) is 19.0 Å². The van der Waals surface area contributed by atoms with Gasteiger partial charge in [-0.05, 0) is 50.5 Å². The van der Waals surface area contributed by atoms with E-state index in [1.165, 1.54) is 12.1 Å². The van der Waals surface area contributed by atoms with E-state index >= 15 is 0 Å². The van der Waals surface area contributed by atoms with Gasteiger partial charge in [0.05, 0.1) is 16.8 Å². The highest BCUT2D eigenvalue weighted by Crippen LogP contribution is 2.30. The number of halogens is 1. The number of anilines is 1. The second kappa shape index (κ2) is 11.8. The number of hydrogen-bond acceptors (Lipinski definition) is 5. The predicted octanol–water partition coefficient (Wildman–Crippen LogP) is 5.47. The topological polar surface area (TPSA) is 67.2 Å². The summed E-state index contributed by atoms with van der Waals surface area (Å²) in [4.78, 5) is 27.4. The molecule has 1 aliphatic rings. The first-order valence-corrected chi connectivity index (χ1v) is 13.5. The van der Waals surface area contributed by atoms with Crippen molar-refractivity contribution >= 4 is 22.8 Å². The Morgan fingerprint density at radius 2 is 1.69 bits per heavy atom. The van der Waals surface area contributed by atoms with Gasteiger partial charge in [-0.1, -0.05) is 40.0 Å². The highest BCUT2D eigenvalue weighted by Gasteiger charge is 2.29. The maximum absolute atomic E-state index is 13.6. The lowest BCUT2D eigenvalue weighted by atomic mass is 9.97. The first-order valence-electron chi connectivity index (χ1n) is 13.5. The molecule has 0 spiro atoms. The second-order valence-electron chi connectivity index (χ2n) is 9.80. The minimum Gasteiger partial charge on any atom is -0.352 e. The molecule has 0 saturated carbocycles. The van der Waals surface area contributed by atoms with E-state index in [4.69, 9.17) is 15.1 Å². The molecule has 4 rings (SSSR count). The van der Waals surface area contributed by atoms with Crippen molar-refractivity contribution in [3.63, 3.8) is 0 Å². The van der Waals surface area contributed by atoms with Crippen LogP contribution in [0.5, 0.6) is 0 Å². The molecule has 0 radical (unpaired) electrons. The van der Waals surface area contributed by atoms with E-state index in [2.05, 4.69) is 25.7 Å². The number of rotatable bonds is 10. The minimum atomic E-state index is -0.279. The van der Waals surface area contributed by atoms with Gasteiger partial charge in [-0.3, -0.25) is 4.79 Å². The molecule has 36 heavy (non-hydrogen) atoms. The highest BCUT2D eigenvalue weighted by atomic mass is 19.1. The van der Waals surface area contributed by atoms with Crippen LogP contribution in [0, 0.1) is 18.7 Å². The van der Waals surface area contributed by atoms with Crippen molar-refractivity contribution in [3.05, 3.63) is 41.6 Å². The summed E-state index contributed by atoms with van der Waals surface area (Å²) in [5.41, 5.74) is 2.36. The van der Waals surface area contributed by atoms with Crippen LogP contribution in [0.15, 0.2) is 24.3 Å². The lowest BCUT2D eigenvalue weighted by Gasteiger charge is -2.37.